The quantitative estimate of drug-likeness (QED) is 0.728. The molecule has 0 aromatic heterocycles. The molecule has 0 aliphatic carbocycles. The summed E-state index contributed by atoms with van der Waals surface area (Å²) in [5.74, 6) is -0.919. The number of rotatable bonds is 2. The van der Waals surface area contributed by atoms with Crippen LogP contribution in [0.4, 0.5) is 15.8 Å². The van der Waals surface area contributed by atoms with E-state index in [1.165, 1.54) is 12.1 Å². The summed E-state index contributed by atoms with van der Waals surface area (Å²) in [6.07, 6.45) is 0. The van der Waals surface area contributed by atoms with Gasteiger partial charge in [0.1, 0.15) is 5.82 Å². The van der Waals surface area contributed by atoms with Crippen LogP contribution >= 0.6 is 31.9 Å². The third-order valence-electron chi connectivity index (χ3n) is 2.82. The zero-order valence-electron chi connectivity index (χ0n) is 10.5. The van der Waals surface area contributed by atoms with Crippen LogP contribution < -0.4 is 11.1 Å². The number of nitrogen functional groups attached to an aromatic ring is 1. The van der Waals surface area contributed by atoms with Gasteiger partial charge in [-0.3, -0.25) is 4.79 Å². The van der Waals surface area contributed by atoms with Gasteiger partial charge >= 0.3 is 0 Å². The minimum absolute atomic E-state index is 0.178. The summed E-state index contributed by atoms with van der Waals surface area (Å²) >= 11 is 6.66. The Morgan fingerprint density at radius 3 is 2.60 bits per heavy atom. The number of nitrogens with two attached hydrogens (primary N) is 1. The predicted octanol–water partition coefficient (Wildman–Crippen LogP) is 4.49. The number of amides is 1. The van der Waals surface area contributed by atoms with Crippen molar-refractivity contribution < 1.29 is 9.18 Å². The Morgan fingerprint density at radius 2 is 1.95 bits per heavy atom. The molecule has 2 aromatic carbocycles. The highest BCUT2D eigenvalue weighted by Gasteiger charge is 2.12. The van der Waals surface area contributed by atoms with E-state index in [9.17, 15) is 9.18 Å². The van der Waals surface area contributed by atoms with Crippen molar-refractivity contribution in [1.82, 2.24) is 0 Å². The van der Waals surface area contributed by atoms with Crippen molar-refractivity contribution in [3.8, 4) is 0 Å². The van der Waals surface area contributed by atoms with Gasteiger partial charge in [-0.2, -0.15) is 0 Å². The second kappa shape index (κ2) is 5.93. The highest BCUT2D eigenvalue weighted by molar-refractivity contribution is 9.11. The Balaban J connectivity index is 2.31. The number of hydrogen-bond donors (Lipinski definition) is 2. The molecule has 0 saturated heterocycles. The zero-order valence-corrected chi connectivity index (χ0v) is 13.7. The molecule has 3 N–H and O–H groups in total. The van der Waals surface area contributed by atoms with E-state index in [1.54, 1.807) is 19.1 Å². The van der Waals surface area contributed by atoms with Gasteiger partial charge in [-0.05, 0) is 53.2 Å². The molecule has 0 unspecified atom stereocenters. The van der Waals surface area contributed by atoms with Crippen molar-refractivity contribution in [2.45, 2.75) is 6.92 Å². The molecule has 0 aliphatic rings. The van der Waals surface area contributed by atoms with Crippen LogP contribution in [0.1, 0.15) is 15.9 Å². The smallest absolute Gasteiger partial charge is 0.255 e. The second-order valence-electron chi connectivity index (χ2n) is 4.25. The molecule has 0 bridgehead atoms. The molecule has 2 aromatic rings. The van der Waals surface area contributed by atoms with E-state index in [4.69, 9.17) is 5.73 Å². The van der Waals surface area contributed by atoms with Crippen LogP contribution in [0.15, 0.2) is 39.3 Å². The van der Waals surface area contributed by atoms with Crippen LogP contribution in [-0.4, -0.2) is 5.91 Å². The number of hydrogen-bond acceptors (Lipinski definition) is 2. The Kier molecular flexibility index (Phi) is 4.45. The van der Waals surface area contributed by atoms with Gasteiger partial charge in [0.05, 0.1) is 5.69 Å². The molecule has 0 heterocycles. The molecule has 0 radical (unpaired) electrons. The van der Waals surface area contributed by atoms with E-state index in [-0.39, 0.29) is 11.3 Å². The summed E-state index contributed by atoms with van der Waals surface area (Å²) in [5.41, 5.74) is 7.03. The van der Waals surface area contributed by atoms with Gasteiger partial charge in [-0.15, -0.1) is 0 Å². The van der Waals surface area contributed by atoms with Crippen LogP contribution in [0, 0.1) is 12.7 Å². The molecule has 6 heteroatoms. The van der Waals surface area contributed by atoms with Gasteiger partial charge < -0.3 is 11.1 Å². The number of benzene rings is 2. The summed E-state index contributed by atoms with van der Waals surface area (Å²) in [6.45, 7) is 1.57. The summed E-state index contributed by atoms with van der Waals surface area (Å²) in [7, 11) is 0. The molecule has 0 spiro atoms. The Morgan fingerprint density at radius 1 is 1.25 bits per heavy atom. The molecule has 3 nitrogen and oxygen atoms in total. The fourth-order valence-corrected chi connectivity index (χ4v) is 2.33. The van der Waals surface area contributed by atoms with Crippen molar-refractivity contribution >= 4 is 49.1 Å². The highest BCUT2D eigenvalue weighted by Crippen LogP contribution is 2.27. The van der Waals surface area contributed by atoms with Crippen molar-refractivity contribution in [1.29, 1.82) is 0 Å². The maximum atomic E-state index is 13.6. The van der Waals surface area contributed by atoms with Gasteiger partial charge in [-0.1, -0.05) is 15.9 Å². The Bertz CT molecular complexity index is 666. The molecule has 0 saturated carbocycles. The fraction of sp³-hybridized carbons (Fsp3) is 0.0714. The van der Waals surface area contributed by atoms with Gasteiger partial charge in [0.15, 0.2) is 0 Å². The average molecular weight is 402 g/mol. The minimum Gasteiger partial charge on any atom is -0.398 e. The normalized spacial score (nSPS) is 10.4. The third kappa shape index (κ3) is 3.19. The first-order valence-corrected chi connectivity index (χ1v) is 7.29. The zero-order chi connectivity index (χ0) is 14.9. The SMILES string of the molecule is Cc1c(N)cc(C(=O)Nc2cc(Br)ccc2Br)cc1F. The first kappa shape index (κ1) is 15.0. The molecular formula is C14H11Br2FN2O. The van der Waals surface area contributed by atoms with Gasteiger partial charge in [0.2, 0.25) is 0 Å². The van der Waals surface area contributed by atoms with Gasteiger partial charge in [0.25, 0.3) is 5.91 Å². The van der Waals surface area contributed by atoms with E-state index >= 15 is 0 Å². The number of anilines is 2. The van der Waals surface area contributed by atoms with Crippen molar-refractivity contribution in [3.63, 3.8) is 0 Å². The van der Waals surface area contributed by atoms with E-state index in [0.717, 1.165) is 8.95 Å². The number of nitrogens with one attached hydrogen (secondary N) is 1. The van der Waals surface area contributed by atoms with E-state index in [0.29, 0.717) is 11.3 Å². The van der Waals surface area contributed by atoms with Crippen molar-refractivity contribution in [3.05, 3.63) is 56.2 Å². The monoisotopic (exact) mass is 400 g/mol. The van der Waals surface area contributed by atoms with Crippen molar-refractivity contribution in [2.75, 3.05) is 11.1 Å². The summed E-state index contributed by atoms with van der Waals surface area (Å²) < 4.78 is 15.2. The third-order valence-corrected chi connectivity index (χ3v) is 4.01. The van der Waals surface area contributed by atoms with Crippen molar-refractivity contribution in [2.24, 2.45) is 0 Å². The lowest BCUT2D eigenvalue weighted by Crippen LogP contribution is -2.13. The second-order valence-corrected chi connectivity index (χ2v) is 6.02. The van der Waals surface area contributed by atoms with Gasteiger partial charge in [-0.25, -0.2) is 4.39 Å². The van der Waals surface area contributed by atoms with Crippen LogP contribution in [0.3, 0.4) is 0 Å². The maximum Gasteiger partial charge on any atom is 0.255 e. The standard InChI is InChI=1S/C14H11Br2FN2O/c1-7-11(17)4-8(5-12(7)18)14(20)19-13-6-9(15)2-3-10(13)16/h2-6H,18H2,1H3,(H,19,20). The highest BCUT2D eigenvalue weighted by atomic mass is 79.9. The van der Waals surface area contributed by atoms with E-state index in [2.05, 4.69) is 37.2 Å². The molecule has 1 amide bonds. The maximum absolute atomic E-state index is 13.6. The van der Waals surface area contributed by atoms with Crippen LogP contribution in [-0.2, 0) is 0 Å². The lowest BCUT2D eigenvalue weighted by molar-refractivity contribution is 0.102. The first-order valence-electron chi connectivity index (χ1n) is 5.70. The molecule has 0 atom stereocenters. The minimum atomic E-state index is -0.497. The number of carbonyl (C=O) groups is 1. The average Bonchev–Trinajstić information content (AvgIpc) is 2.39. The Hall–Kier alpha value is -1.40. The summed E-state index contributed by atoms with van der Waals surface area (Å²) in [4.78, 5) is 12.1. The van der Waals surface area contributed by atoms with E-state index < -0.39 is 11.7 Å². The van der Waals surface area contributed by atoms with Crippen LogP contribution in [0.5, 0.6) is 0 Å². The molecule has 0 fully saturated rings. The lowest BCUT2D eigenvalue weighted by Gasteiger charge is -2.10. The fourth-order valence-electron chi connectivity index (χ4n) is 1.62. The predicted molar refractivity (Wildman–Crippen MR) is 85.3 cm³/mol. The summed E-state index contributed by atoms with van der Waals surface area (Å²) in [6, 6.07) is 8.01. The first-order chi connectivity index (χ1) is 9.38. The molecule has 0 aliphatic heterocycles. The topological polar surface area (TPSA) is 55.1 Å². The van der Waals surface area contributed by atoms with Crippen LogP contribution in [0.2, 0.25) is 0 Å². The summed E-state index contributed by atoms with van der Waals surface area (Å²) in [5, 5.41) is 2.70. The lowest BCUT2D eigenvalue weighted by atomic mass is 10.1. The number of carbonyl (C=O) groups excluding carboxylic acids is 1. The Labute approximate surface area is 132 Å². The van der Waals surface area contributed by atoms with E-state index in [1.807, 2.05) is 6.07 Å². The number of halogens is 3. The molecule has 2 rings (SSSR count). The molecule has 104 valence electrons. The largest absolute Gasteiger partial charge is 0.398 e. The van der Waals surface area contributed by atoms with Crippen LogP contribution in [0.25, 0.3) is 0 Å². The molecular weight excluding hydrogens is 391 g/mol. The van der Waals surface area contributed by atoms with Gasteiger partial charge in [0, 0.05) is 25.8 Å². The molecule has 20 heavy (non-hydrogen) atoms.